The number of rotatable bonds is 4. The number of aryl methyl sites for hydroxylation is 1. The SMILES string of the molecule is COc1ccc(NC(=O)N(C)CC(C)(C)O)c(C)c1. The highest BCUT2D eigenvalue weighted by molar-refractivity contribution is 5.90. The highest BCUT2D eigenvalue weighted by Crippen LogP contribution is 2.21. The lowest BCUT2D eigenvalue weighted by atomic mass is 10.1. The number of ether oxygens (including phenoxy) is 1. The quantitative estimate of drug-likeness (QED) is 0.878. The third-order valence-electron chi connectivity index (χ3n) is 2.65. The molecule has 0 heterocycles. The smallest absolute Gasteiger partial charge is 0.321 e. The van der Waals surface area contributed by atoms with Crippen LogP contribution in [-0.4, -0.2) is 42.3 Å². The van der Waals surface area contributed by atoms with E-state index in [-0.39, 0.29) is 12.6 Å². The molecule has 0 atom stereocenters. The van der Waals surface area contributed by atoms with Crippen molar-refractivity contribution < 1.29 is 14.6 Å². The number of carbonyl (C=O) groups excluding carboxylic acids is 1. The van der Waals surface area contributed by atoms with Gasteiger partial charge in [0.15, 0.2) is 0 Å². The molecule has 0 saturated carbocycles. The zero-order chi connectivity index (χ0) is 14.6. The van der Waals surface area contributed by atoms with Crippen LogP contribution in [0.1, 0.15) is 19.4 Å². The van der Waals surface area contributed by atoms with Crippen LogP contribution in [-0.2, 0) is 0 Å². The number of urea groups is 1. The van der Waals surface area contributed by atoms with E-state index in [9.17, 15) is 9.90 Å². The molecule has 19 heavy (non-hydrogen) atoms. The number of methoxy groups -OCH3 is 1. The van der Waals surface area contributed by atoms with Crippen LogP contribution in [0.5, 0.6) is 5.75 Å². The second-order valence-corrected chi connectivity index (χ2v) is 5.28. The van der Waals surface area contributed by atoms with Gasteiger partial charge in [0.25, 0.3) is 0 Å². The Morgan fingerprint density at radius 3 is 2.58 bits per heavy atom. The number of anilines is 1. The maximum absolute atomic E-state index is 12.0. The first-order valence-electron chi connectivity index (χ1n) is 6.12. The van der Waals surface area contributed by atoms with Crippen molar-refractivity contribution in [3.05, 3.63) is 23.8 Å². The van der Waals surface area contributed by atoms with Crippen molar-refractivity contribution in [2.75, 3.05) is 26.0 Å². The number of carbonyl (C=O) groups is 1. The molecule has 2 N–H and O–H groups in total. The molecule has 0 aromatic heterocycles. The maximum atomic E-state index is 12.0. The fourth-order valence-electron chi connectivity index (χ4n) is 1.77. The van der Waals surface area contributed by atoms with Gasteiger partial charge in [0.05, 0.1) is 19.3 Å². The Balaban J connectivity index is 2.72. The van der Waals surface area contributed by atoms with E-state index in [1.807, 2.05) is 13.0 Å². The van der Waals surface area contributed by atoms with Crippen molar-refractivity contribution in [1.82, 2.24) is 4.90 Å². The number of nitrogens with zero attached hydrogens (tertiary/aromatic N) is 1. The number of benzene rings is 1. The van der Waals surface area contributed by atoms with Crippen LogP contribution in [0, 0.1) is 6.92 Å². The van der Waals surface area contributed by atoms with Crippen molar-refractivity contribution in [3.63, 3.8) is 0 Å². The summed E-state index contributed by atoms with van der Waals surface area (Å²) in [5, 5.41) is 12.5. The molecule has 0 radical (unpaired) electrons. The van der Waals surface area contributed by atoms with Gasteiger partial charge in [-0.05, 0) is 44.5 Å². The third kappa shape index (κ3) is 4.79. The Morgan fingerprint density at radius 2 is 2.11 bits per heavy atom. The van der Waals surface area contributed by atoms with Gasteiger partial charge in [-0.15, -0.1) is 0 Å². The molecule has 1 rings (SSSR count). The lowest BCUT2D eigenvalue weighted by Gasteiger charge is -2.26. The van der Waals surface area contributed by atoms with Crippen LogP contribution in [0.2, 0.25) is 0 Å². The summed E-state index contributed by atoms with van der Waals surface area (Å²) in [6, 6.07) is 5.18. The van der Waals surface area contributed by atoms with Gasteiger partial charge in [-0.25, -0.2) is 4.79 Å². The molecule has 1 aromatic carbocycles. The summed E-state index contributed by atoms with van der Waals surface area (Å²) in [6.07, 6.45) is 0. The first-order chi connectivity index (χ1) is 8.73. The van der Waals surface area contributed by atoms with E-state index in [2.05, 4.69) is 5.32 Å². The first kappa shape index (κ1) is 15.3. The highest BCUT2D eigenvalue weighted by atomic mass is 16.5. The second kappa shape index (κ2) is 5.93. The molecular weight excluding hydrogens is 244 g/mol. The van der Waals surface area contributed by atoms with Crippen molar-refractivity contribution in [3.8, 4) is 5.75 Å². The fourth-order valence-corrected chi connectivity index (χ4v) is 1.77. The first-order valence-corrected chi connectivity index (χ1v) is 6.12. The highest BCUT2D eigenvalue weighted by Gasteiger charge is 2.19. The van der Waals surface area contributed by atoms with Gasteiger partial charge in [-0.1, -0.05) is 0 Å². The Bertz CT molecular complexity index is 452. The van der Waals surface area contributed by atoms with Crippen LogP contribution < -0.4 is 10.1 Å². The van der Waals surface area contributed by atoms with Crippen LogP contribution in [0.15, 0.2) is 18.2 Å². The molecule has 0 bridgehead atoms. The standard InChI is InChI=1S/C14H22N2O3/c1-10-8-11(19-5)6-7-12(10)15-13(17)16(4)9-14(2,3)18/h6-8,18H,9H2,1-5H3,(H,15,17). The molecule has 5 heteroatoms. The Labute approximate surface area is 114 Å². The molecular formula is C14H22N2O3. The van der Waals surface area contributed by atoms with Crippen LogP contribution in [0.4, 0.5) is 10.5 Å². The topological polar surface area (TPSA) is 61.8 Å². The van der Waals surface area contributed by atoms with Gasteiger partial charge in [0, 0.05) is 12.7 Å². The molecule has 1 aromatic rings. The van der Waals surface area contributed by atoms with Crippen molar-refractivity contribution in [2.24, 2.45) is 0 Å². The van der Waals surface area contributed by atoms with Gasteiger partial charge < -0.3 is 20.1 Å². The van der Waals surface area contributed by atoms with Crippen LogP contribution in [0.25, 0.3) is 0 Å². The van der Waals surface area contributed by atoms with E-state index < -0.39 is 5.60 Å². The number of hydrogen-bond acceptors (Lipinski definition) is 3. The van der Waals surface area contributed by atoms with Gasteiger partial charge in [-0.2, -0.15) is 0 Å². The average molecular weight is 266 g/mol. The van der Waals surface area contributed by atoms with Gasteiger partial charge >= 0.3 is 6.03 Å². The summed E-state index contributed by atoms with van der Waals surface area (Å²) < 4.78 is 5.11. The zero-order valence-corrected chi connectivity index (χ0v) is 12.2. The van der Waals surface area contributed by atoms with Gasteiger partial charge in [-0.3, -0.25) is 0 Å². The Morgan fingerprint density at radius 1 is 1.47 bits per heavy atom. The summed E-state index contributed by atoms with van der Waals surface area (Å²) in [7, 11) is 3.25. The Kier molecular flexibility index (Phi) is 4.78. The van der Waals surface area contributed by atoms with Gasteiger partial charge in [0.2, 0.25) is 0 Å². The monoisotopic (exact) mass is 266 g/mol. The summed E-state index contributed by atoms with van der Waals surface area (Å²) in [6.45, 7) is 5.48. The van der Waals surface area contributed by atoms with Crippen LogP contribution in [0.3, 0.4) is 0 Å². The minimum absolute atomic E-state index is 0.254. The van der Waals surface area contributed by atoms with E-state index in [0.29, 0.717) is 0 Å². The predicted octanol–water partition coefficient (Wildman–Crippen LogP) is 2.24. The van der Waals surface area contributed by atoms with E-state index in [1.165, 1.54) is 4.90 Å². The average Bonchev–Trinajstić information content (AvgIpc) is 2.29. The number of likely N-dealkylation sites (N-methyl/N-ethyl adjacent to an activating group) is 1. The normalized spacial score (nSPS) is 11.1. The number of nitrogens with one attached hydrogen (secondary N) is 1. The molecule has 0 spiro atoms. The summed E-state index contributed by atoms with van der Waals surface area (Å²) in [4.78, 5) is 13.4. The predicted molar refractivity (Wildman–Crippen MR) is 75.7 cm³/mol. The zero-order valence-electron chi connectivity index (χ0n) is 12.2. The molecule has 0 aliphatic carbocycles. The van der Waals surface area contributed by atoms with E-state index >= 15 is 0 Å². The maximum Gasteiger partial charge on any atom is 0.321 e. The largest absolute Gasteiger partial charge is 0.497 e. The summed E-state index contributed by atoms with van der Waals surface area (Å²) in [5.74, 6) is 0.750. The van der Waals surface area contributed by atoms with E-state index in [1.54, 1.807) is 40.1 Å². The molecule has 0 unspecified atom stereocenters. The number of hydrogen-bond donors (Lipinski definition) is 2. The second-order valence-electron chi connectivity index (χ2n) is 5.28. The number of aliphatic hydroxyl groups is 1. The molecule has 0 saturated heterocycles. The fraction of sp³-hybridized carbons (Fsp3) is 0.500. The molecule has 0 aliphatic heterocycles. The molecule has 106 valence electrons. The molecule has 0 fully saturated rings. The van der Waals surface area contributed by atoms with Gasteiger partial charge in [0.1, 0.15) is 5.75 Å². The van der Waals surface area contributed by atoms with Crippen LogP contribution >= 0.6 is 0 Å². The van der Waals surface area contributed by atoms with Crippen molar-refractivity contribution >= 4 is 11.7 Å². The summed E-state index contributed by atoms with van der Waals surface area (Å²) in [5.41, 5.74) is 0.735. The minimum atomic E-state index is -0.916. The molecule has 5 nitrogen and oxygen atoms in total. The number of amides is 2. The molecule has 2 amide bonds. The molecule has 0 aliphatic rings. The lowest BCUT2D eigenvalue weighted by Crippen LogP contribution is -2.41. The van der Waals surface area contributed by atoms with E-state index in [0.717, 1.165) is 17.0 Å². The van der Waals surface area contributed by atoms with E-state index in [4.69, 9.17) is 4.74 Å². The lowest BCUT2D eigenvalue weighted by molar-refractivity contribution is 0.0550. The van der Waals surface area contributed by atoms with Crippen molar-refractivity contribution in [2.45, 2.75) is 26.4 Å². The minimum Gasteiger partial charge on any atom is -0.497 e. The third-order valence-corrected chi connectivity index (χ3v) is 2.65. The summed E-state index contributed by atoms with van der Waals surface area (Å²) >= 11 is 0. The van der Waals surface area contributed by atoms with Crippen molar-refractivity contribution in [1.29, 1.82) is 0 Å². The Hall–Kier alpha value is -1.75.